The summed E-state index contributed by atoms with van der Waals surface area (Å²) in [4.78, 5) is 18.8. The van der Waals surface area contributed by atoms with Gasteiger partial charge >= 0.3 is 0 Å². The smallest absolute Gasteiger partial charge is 0.222 e. The Labute approximate surface area is 181 Å². The highest BCUT2D eigenvalue weighted by molar-refractivity contribution is 6.30. The Morgan fingerprint density at radius 2 is 2.10 bits per heavy atom. The molecular weight excluding hydrogens is 400 g/mol. The van der Waals surface area contributed by atoms with Crippen molar-refractivity contribution in [2.45, 2.75) is 38.2 Å². The topological polar surface area (TPSA) is 71.1 Å². The average Bonchev–Trinajstić information content (AvgIpc) is 3.44. The molecule has 1 unspecified atom stereocenters. The second-order valence-corrected chi connectivity index (χ2v) is 8.00. The van der Waals surface area contributed by atoms with Gasteiger partial charge in [-0.3, -0.25) is 14.9 Å². The van der Waals surface area contributed by atoms with Crippen molar-refractivity contribution in [1.29, 1.82) is 0 Å². The van der Waals surface area contributed by atoms with Gasteiger partial charge in [0.25, 0.3) is 0 Å². The van der Waals surface area contributed by atoms with Gasteiger partial charge in [0, 0.05) is 42.3 Å². The van der Waals surface area contributed by atoms with E-state index in [0.29, 0.717) is 18.1 Å². The van der Waals surface area contributed by atoms with E-state index in [-0.39, 0.29) is 11.8 Å². The summed E-state index contributed by atoms with van der Waals surface area (Å²) in [6.07, 6.45) is 4.95. The first-order valence-corrected chi connectivity index (χ1v) is 10.7. The highest BCUT2D eigenvalue weighted by atomic mass is 35.5. The van der Waals surface area contributed by atoms with Crippen LogP contribution in [-0.2, 0) is 17.8 Å². The van der Waals surface area contributed by atoms with Crippen LogP contribution in [0.2, 0.25) is 5.02 Å². The van der Waals surface area contributed by atoms with Gasteiger partial charge in [-0.05, 0) is 61.7 Å². The van der Waals surface area contributed by atoms with Crippen LogP contribution in [0.15, 0.2) is 54.7 Å². The second-order valence-electron chi connectivity index (χ2n) is 7.56. The van der Waals surface area contributed by atoms with Crippen molar-refractivity contribution in [2.75, 3.05) is 13.1 Å². The number of aromatic amines is 1. The van der Waals surface area contributed by atoms with Crippen LogP contribution < -0.4 is 4.74 Å². The van der Waals surface area contributed by atoms with E-state index in [2.05, 4.69) is 15.2 Å². The molecular formula is C23H25ClN4O2. The fourth-order valence-corrected chi connectivity index (χ4v) is 3.83. The molecule has 0 saturated carbocycles. The standard InChI is InChI=1S/C23H25ClN4O2/c24-18-7-9-21(10-8-18)30-16-20-14-22(27-26-20)17-11-13-28(15-17)23(29)6-3-5-19-4-1-2-12-25-19/h1-2,4,7-10,12,14,17H,3,5-6,11,13,15-16H2,(H,26,27). The van der Waals surface area contributed by atoms with Crippen LogP contribution in [0.5, 0.6) is 5.75 Å². The molecule has 1 fully saturated rings. The number of hydrogen-bond acceptors (Lipinski definition) is 4. The lowest BCUT2D eigenvalue weighted by atomic mass is 10.1. The molecule has 0 bridgehead atoms. The number of hydrogen-bond donors (Lipinski definition) is 1. The van der Waals surface area contributed by atoms with E-state index in [1.165, 1.54) is 0 Å². The summed E-state index contributed by atoms with van der Waals surface area (Å²) in [6.45, 7) is 1.93. The summed E-state index contributed by atoms with van der Waals surface area (Å²) in [5, 5.41) is 8.18. The van der Waals surface area contributed by atoms with E-state index in [9.17, 15) is 4.79 Å². The van der Waals surface area contributed by atoms with Gasteiger partial charge in [-0.1, -0.05) is 17.7 Å². The Morgan fingerprint density at radius 1 is 1.23 bits per heavy atom. The molecule has 30 heavy (non-hydrogen) atoms. The molecule has 0 radical (unpaired) electrons. The highest BCUT2D eigenvalue weighted by Crippen LogP contribution is 2.27. The zero-order chi connectivity index (χ0) is 20.8. The monoisotopic (exact) mass is 424 g/mol. The number of carbonyl (C=O) groups excluding carboxylic acids is 1. The molecule has 4 rings (SSSR count). The molecule has 1 amide bonds. The van der Waals surface area contributed by atoms with Gasteiger partial charge in [0.15, 0.2) is 0 Å². The minimum absolute atomic E-state index is 0.218. The number of carbonyl (C=O) groups is 1. The number of benzene rings is 1. The first-order valence-electron chi connectivity index (χ1n) is 10.3. The van der Waals surface area contributed by atoms with E-state index < -0.39 is 0 Å². The lowest BCUT2D eigenvalue weighted by molar-refractivity contribution is -0.130. The zero-order valence-electron chi connectivity index (χ0n) is 16.8. The summed E-state index contributed by atoms with van der Waals surface area (Å²) in [5.41, 5.74) is 2.95. The maximum atomic E-state index is 12.5. The minimum atomic E-state index is 0.218. The first kappa shape index (κ1) is 20.4. The van der Waals surface area contributed by atoms with Gasteiger partial charge in [0.1, 0.15) is 12.4 Å². The number of ether oxygens (including phenoxy) is 1. The number of pyridine rings is 1. The molecule has 1 atom stereocenters. The van der Waals surface area contributed by atoms with Crippen LogP contribution in [0.25, 0.3) is 0 Å². The third-order valence-electron chi connectivity index (χ3n) is 5.37. The number of likely N-dealkylation sites (tertiary alicyclic amines) is 1. The van der Waals surface area contributed by atoms with E-state index in [0.717, 1.165) is 55.2 Å². The van der Waals surface area contributed by atoms with Crippen molar-refractivity contribution in [3.05, 3.63) is 76.8 Å². The van der Waals surface area contributed by atoms with Gasteiger partial charge in [-0.2, -0.15) is 5.10 Å². The molecule has 1 saturated heterocycles. The average molecular weight is 425 g/mol. The molecule has 1 aliphatic rings. The van der Waals surface area contributed by atoms with Crippen molar-refractivity contribution in [2.24, 2.45) is 0 Å². The number of nitrogens with one attached hydrogen (secondary N) is 1. The fourth-order valence-electron chi connectivity index (χ4n) is 3.71. The van der Waals surface area contributed by atoms with Crippen LogP contribution in [0, 0.1) is 0 Å². The molecule has 0 spiro atoms. The van der Waals surface area contributed by atoms with Crippen molar-refractivity contribution < 1.29 is 9.53 Å². The SMILES string of the molecule is O=C(CCCc1ccccn1)N1CCC(c2cc(COc3ccc(Cl)cc3)[nH]n2)C1. The molecule has 156 valence electrons. The lowest BCUT2D eigenvalue weighted by Gasteiger charge is -2.16. The second kappa shape index (κ2) is 9.76. The van der Waals surface area contributed by atoms with Gasteiger partial charge in [-0.25, -0.2) is 0 Å². The quantitative estimate of drug-likeness (QED) is 0.582. The van der Waals surface area contributed by atoms with E-state index >= 15 is 0 Å². The van der Waals surface area contributed by atoms with Crippen LogP contribution in [0.4, 0.5) is 0 Å². The van der Waals surface area contributed by atoms with E-state index in [1.807, 2.05) is 41.3 Å². The molecule has 7 heteroatoms. The van der Waals surface area contributed by atoms with Crippen LogP contribution in [0.1, 0.15) is 42.3 Å². The molecule has 1 aromatic carbocycles. The summed E-state index contributed by atoms with van der Waals surface area (Å²) >= 11 is 5.89. The molecule has 3 aromatic rings. The Morgan fingerprint density at radius 3 is 2.90 bits per heavy atom. The van der Waals surface area contributed by atoms with Gasteiger partial charge < -0.3 is 9.64 Å². The number of rotatable bonds is 8. The maximum Gasteiger partial charge on any atom is 0.222 e. The number of amides is 1. The molecule has 1 aliphatic heterocycles. The minimum Gasteiger partial charge on any atom is -0.487 e. The third-order valence-corrected chi connectivity index (χ3v) is 5.62. The maximum absolute atomic E-state index is 12.5. The predicted octanol–water partition coefficient (Wildman–Crippen LogP) is 4.38. The highest BCUT2D eigenvalue weighted by Gasteiger charge is 2.28. The summed E-state index contributed by atoms with van der Waals surface area (Å²) in [6, 6.07) is 15.2. The number of halogens is 1. The molecule has 6 nitrogen and oxygen atoms in total. The van der Waals surface area contributed by atoms with Crippen LogP contribution in [0.3, 0.4) is 0 Å². The molecule has 2 aromatic heterocycles. The van der Waals surface area contributed by atoms with E-state index in [4.69, 9.17) is 16.3 Å². The van der Waals surface area contributed by atoms with Gasteiger partial charge in [0.2, 0.25) is 5.91 Å². The van der Waals surface area contributed by atoms with E-state index in [1.54, 1.807) is 18.3 Å². The van der Waals surface area contributed by atoms with Gasteiger partial charge in [-0.15, -0.1) is 0 Å². The van der Waals surface area contributed by atoms with Crippen LogP contribution >= 0.6 is 11.6 Å². The fraction of sp³-hybridized carbons (Fsp3) is 0.348. The van der Waals surface area contributed by atoms with Crippen molar-refractivity contribution in [3.63, 3.8) is 0 Å². The zero-order valence-corrected chi connectivity index (χ0v) is 17.5. The third kappa shape index (κ3) is 5.39. The van der Waals surface area contributed by atoms with Gasteiger partial charge in [0.05, 0.1) is 11.4 Å². The van der Waals surface area contributed by atoms with Crippen molar-refractivity contribution in [3.8, 4) is 5.75 Å². The summed E-state index contributed by atoms with van der Waals surface area (Å²) in [7, 11) is 0. The Balaban J connectivity index is 1.23. The largest absolute Gasteiger partial charge is 0.487 e. The number of H-pyrrole nitrogens is 1. The summed E-state index contributed by atoms with van der Waals surface area (Å²) in [5.74, 6) is 1.25. The normalized spacial score (nSPS) is 16.0. The summed E-state index contributed by atoms with van der Waals surface area (Å²) < 4.78 is 5.76. The predicted molar refractivity (Wildman–Crippen MR) is 115 cm³/mol. The lowest BCUT2D eigenvalue weighted by Crippen LogP contribution is -2.28. The molecule has 1 N–H and O–H groups in total. The van der Waals surface area contributed by atoms with Crippen molar-refractivity contribution in [1.82, 2.24) is 20.1 Å². The molecule has 3 heterocycles. The Bertz CT molecular complexity index is 959. The molecule has 0 aliphatic carbocycles. The Hall–Kier alpha value is -2.86. The van der Waals surface area contributed by atoms with Crippen LogP contribution in [-0.4, -0.2) is 39.1 Å². The number of nitrogens with zero attached hydrogens (tertiary/aromatic N) is 3. The number of aryl methyl sites for hydroxylation is 1. The first-order chi connectivity index (χ1) is 14.7. The van der Waals surface area contributed by atoms with Crippen molar-refractivity contribution >= 4 is 17.5 Å². The number of aromatic nitrogens is 3. The Kier molecular flexibility index (Phi) is 6.64.